The highest BCUT2D eigenvalue weighted by atomic mass is 14.9. The molecule has 0 spiro atoms. The fourth-order valence-corrected chi connectivity index (χ4v) is 4.02. The molecule has 0 radical (unpaired) electrons. The van der Waals surface area contributed by atoms with Crippen LogP contribution in [-0.4, -0.2) is 12.6 Å². The lowest BCUT2D eigenvalue weighted by atomic mass is 9.94. The number of rotatable bonds is 6. The van der Waals surface area contributed by atoms with Crippen LogP contribution in [0.1, 0.15) is 56.9 Å². The van der Waals surface area contributed by atoms with Gasteiger partial charge in [0.2, 0.25) is 0 Å². The molecular weight excluding hydrogens is 230 g/mol. The van der Waals surface area contributed by atoms with Gasteiger partial charge < -0.3 is 5.32 Å². The van der Waals surface area contributed by atoms with Gasteiger partial charge in [0.15, 0.2) is 0 Å². The van der Waals surface area contributed by atoms with E-state index < -0.39 is 0 Å². The third-order valence-electron chi connectivity index (χ3n) is 5.11. The number of benzene rings is 1. The van der Waals surface area contributed by atoms with Gasteiger partial charge in [-0.2, -0.15) is 0 Å². The first-order chi connectivity index (χ1) is 9.38. The molecule has 0 saturated heterocycles. The molecule has 1 N–H and O–H groups in total. The molecule has 2 aliphatic carbocycles. The molecule has 2 saturated carbocycles. The molecule has 0 amide bonds. The lowest BCUT2D eigenvalue weighted by Crippen LogP contribution is -2.33. The SMILES string of the molecule is CCNC(CC1CCCC1)C1CC1c1ccccc1. The quantitative estimate of drug-likeness (QED) is 0.799. The van der Waals surface area contributed by atoms with E-state index >= 15 is 0 Å². The summed E-state index contributed by atoms with van der Waals surface area (Å²) in [5, 5.41) is 3.77. The van der Waals surface area contributed by atoms with E-state index in [1.807, 2.05) is 0 Å². The van der Waals surface area contributed by atoms with Crippen LogP contribution in [0.3, 0.4) is 0 Å². The third-order valence-corrected chi connectivity index (χ3v) is 5.11. The Morgan fingerprint density at radius 2 is 1.89 bits per heavy atom. The summed E-state index contributed by atoms with van der Waals surface area (Å²) < 4.78 is 0. The summed E-state index contributed by atoms with van der Waals surface area (Å²) in [6.45, 7) is 3.37. The highest BCUT2D eigenvalue weighted by Crippen LogP contribution is 2.51. The summed E-state index contributed by atoms with van der Waals surface area (Å²) in [5.74, 6) is 2.72. The molecular formula is C18H27N. The van der Waals surface area contributed by atoms with Gasteiger partial charge >= 0.3 is 0 Å². The Hall–Kier alpha value is -0.820. The second-order valence-electron chi connectivity index (χ2n) is 6.47. The van der Waals surface area contributed by atoms with Crippen LogP contribution in [0.15, 0.2) is 30.3 Å². The van der Waals surface area contributed by atoms with Crippen molar-refractivity contribution in [1.29, 1.82) is 0 Å². The van der Waals surface area contributed by atoms with Crippen molar-refractivity contribution < 1.29 is 0 Å². The first-order valence-corrected chi connectivity index (χ1v) is 8.16. The van der Waals surface area contributed by atoms with Crippen LogP contribution in [0.25, 0.3) is 0 Å². The average Bonchev–Trinajstić information content (AvgIpc) is 3.09. The maximum absolute atomic E-state index is 3.77. The molecule has 1 aromatic carbocycles. The predicted octanol–water partition coefficient (Wildman–Crippen LogP) is 4.35. The average molecular weight is 257 g/mol. The third kappa shape index (κ3) is 3.20. The van der Waals surface area contributed by atoms with Crippen LogP contribution in [-0.2, 0) is 0 Å². The van der Waals surface area contributed by atoms with Crippen LogP contribution in [0.4, 0.5) is 0 Å². The summed E-state index contributed by atoms with van der Waals surface area (Å²) in [7, 11) is 0. The molecule has 104 valence electrons. The molecule has 1 heteroatoms. The zero-order valence-corrected chi connectivity index (χ0v) is 12.1. The normalized spacial score (nSPS) is 28.5. The Balaban J connectivity index is 1.59. The molecule has 3 atom stereocenters. The van der Waals surface area contributed by atoms with E-state index in [1.54, 1.807) is 5.56 Å². The highest BCUT2D eigenvalue weighted by Gasteiger charge is 2.43. The minimum Gasteiger partial charge on any atom is -0.314 e. The molecule has 2 fully saturated rings. The number of hydrogen-bond donors (Lipinski definition) is 1. The molecule has 2 aliphatic rings. The Morgan fingerprint density at radius 3 is 2.58 bits per heavy atom. The monoisotopic (exact) mass is 257 g/mol. The molecule has 0 heterocycles. The molecule has 1 nitrogen and oxygen atoms in total. The van der Waals surface area contributed by atoms with Crippen LogP contribution >= 0.6 is 0 Å². The Morgan fingerprint density at radius 1 is 1.16 bits per heavy atom. The molecule has 0 aromatic heterocycles. The summed E-state index contributed by atoms with van der Waals surface area (Å²) >= 11 is 0. The highest BCUT2D eigenvalue weighted by molar-refractivity contribution is 5.26. The first-order valence-electron chi connectivity index (χ1n) is 8.16. The molecule has 1 aromatic rings. The van der Waals surface area contributed by atoms with Gasteiger partial charge in [0.1, 0.15) is 0 Å². The van der Waals surface area contributed by atoms with Crippen molar-refractivity contribution in [2.24, 2.45) is 11.8 Å². The second-order valence-corrected chi connectivity index (χ2v) is 6.47. The topological polar surface area (TPSA) is 12.0 Å². The van der Waals surface area contributed by atoms with Crippen molar-refractivity contribution in [3.05, 3.63) is 35.9 Å². The van der Waals surface area contributed by atoms with E-state index in [0.717, 1.165) is 30.3 Å². The van der Waals surface area contributed by atoms with E-state index in [2.05, 4.69) is 42.6 Å². The predicted molar refractivity (Wildman–Crippen MR) is 81.3 cm³/mol. The van der Waals surface area contributed by atoms with Crippen LogP contribution in [0.5, 0.6) is 0 Å². The van der Waals surface area contributed by atoms with Gasteiger partial charge in [-0.1, -0.05) is 62.9 Å². The van der Waals surface area contributed by atoms with Crippen LogP contribution < -0.4 is 5.32 Å². The standard InChI is InChI=1S/C18H27N/c1-2-19-18(12-14-8-6-7-9-14)17-13-16(17)15-10-4-3-5-11-15/h3-5,10-11,14,16-19H,2,6-9,12-13H2,1H3. The zero-order chi connectivity index (χ0) is 13.1. The van der Waals surface area contributed by atoms with Crippen molar-refractivity contribution in [2.45, 2.75) is 57.4 Å². The van der Waals surface area contributed by atoms with Crippen molar-refractivity contribution >= 4 is 0 Å². The summed E-state index contributed by atoms with van der Waals surface area (Å²) in [6.07, 6.45) is 8.71. The van der Waals surface area contributed by atoms with E-state index in [0.29, 0.717) is 0 Å². The Labute approximate surface area is 117 Å². The number of hydrogen-bond acceptors (Lipinski definition) is 1. The Kier molecular flexibility index (Phi) is 4.22. The lowest BCUT2D eigenvalue weighted by molar-refractivity contribution is 0.359. The van der Waals surface area contributed by atoms with E-state index in [-0.39, 0.29) is 0 Å². The van der Waals surface area contributed by atoms with E-state index in [9.17, 15) is 0 Å². The fourth-order valence-electron chi connectivity index (χ4n) is 4.02. The fraction of sp³-hybridized carbons (Fsp3) is 0.667. The van der Waals surface area contributed by atoms with Gasteiger partial charge in [-0.15, -0.1) is 0 Å². The van der Waals surface area contributed by atoms with E-state index in [4.69, 9.17) is 0 Å². The Bertz CT molecular complexity index is 380. The van der Waals surface area contributed by atoms with Gasteiger partial charge in [0.25, 0.3) is 0 Å². The minimum absolute atomic E-state index is 0.762. The van der Waals surface area contributed by atoms with Crippen LogP contribution in [0, 0.1) is 11.8 Å². The minimum atomic E-state index is 0.762. The van der Waals surface area contributed by atoms with Gasteiger partial charge in [-0.3, -0.25) is 0 Å². The van der Waals surface area contributed by atoms with Gasteiger partial charge in [-0.05, 0) is 42.7 Å². The summed E-state index contributed by atoms with van der Waals surface area (Å²) in [5.41, 5.74) is 1.56. The van der Waals surface area contributed by atoms with Crippen molar-refractivity contribution in [2.75, 3.05) is 6.54 Å². The molecule has 3 unspecified atom stereocenters. The number of nitrogens with one attached hydrogen (secondary N) is 1. The van der Waals surface area contributed by atoms with Gasteiger partial charge in [0, 0.05) is 6.04 Å². The van der Waals surface area contributed by atoms with Gasteiger partial charge in [-0.25, -0.2) is 0 Å². The maximum atomic E-state index is 3.77. The van der Waals surface area contributed by atoms with Crippen molar-refractivity contribution in [3.8, 4) is 0 Å². The van der Waals surface area contributed by atoms with Crippen molar-refractivity contribution in [3.63, 3.8) is 0 Å². The summed E-state index contributed by atoms with van der Waals surface area (Å²) in [6, 6.07) is 11.9. The second kappa shape index (κ2) is 6.09. The largest absolute Gasteiger partial charge is 0.314 e. The first kappa shape index (κ1) is 13.2. The molecule has 19 heavy (non-hydrogen) atoms. The van der Waals surface area contributed by atoms with E-state index in [1.165, 1.54) is 38.5 Å². The summed E-state index contributed by atoms with van der Waals surface area (Å²) in [4.78, 5) is 0. The molecule has 0 bridgehead atoms. The van der Waals surface area contributed by atoms with Gasteiger partial charge in [0.05, 0.1) is 0 Å². The smallest absolute Gasteiger partial charge is 0.0104 e. The molecule has 3 rings (SSSR count). The zero-order valence-electron chi connectivity index (χ0n) is 12.1. The van der Waals surface area contributed by atoms with Crippen LogP contribution in [0.2, 0.25) is 0 Å². The molecule has 0 aliphatic heterocycles. The maximum Gasteiger partial charge on any atom is 0.0104 e. The lowest BCUT2D eigenvalue weighted by Gasteiger charge is -2.22. The van der Waals surface area contributed by atoms with Crippen molar-refractivity contribution in [1.82, 2.24) is 5.32 Å².